The maximum atomic E-state index is 5.74. The van der Waals surface area contributed by atoms with Crippen molar-refractivity contribution in [3.05, 3.63) is 29.4 Å². The summed E-state index contributed by atoms with van der Waals surface area (Å²) in [5, 5.41) is 11.2. The molecule has 6 nitrogen and oxygen atoms in total. The molecule has 0 spiro atoms. The van der Waals surface area contributed by atoms with Crippen LogP contribution >= 0.6 is 23.6 Å². The molecule has 2 aromatic heterocycles. The van der Waals surface area contributed by atoms with Crippen molar-refractivity contribution in [1.82, 2.24) is 15.2 Å². The molecule has 2 N–H and O–H groups in total. The number of thiocarbonyl (C=S) groups is 1. The SMILES string of the molecule is NC(=S)c1ccnnc1N1CCN(c2nccs2)CC1. The van der Waals surface area contributed by atoms with Crippen LogP contribution in [0.4, 0.5) is 10.9 Å². The molecule has 1 aliphatic heterocycles. The first kappa shape index (κ1) is 13.2. The Morgan fingerprint density at radius 1 is 1.20 bits per heavy atom. The second-order valence-corrected chi connectivity index (χ2v) is 5.73. The summed E-state index contributed by atoms with van der Waals surface area (Å²) < 4.78 is 0. The van der Waals surface area contributed by atoms with Gasteiger partial charge in [-0.1, -0.05) is 12.2 Å². The van der Waals surface area contributed by atoms with Crippen LogP contribution in [0.3, 0.4) is 0 Å². The van der Waals surface area contributed by atoms with Gasteiger partial charge >= 0.3 is 0 Å². The Morgan fingerprint density at radius 2 is 1.95 bits per heavy atom. The molecule has 1 saturated heterocycles. The van der Waals surface area contributed by atoms with Crippen LogP contribution in [0.25, 0.3) is 0 Å². The lowest BCUT2D eigenvalue weighted by atomic mass is 10.2. The minimum Gasteiger partial charge on any atom is -0.389 e. The van der Waals surface area contributed by atoms with Gasteiger partial charge in [0.15, 0.2) is 10.9 Å². The molecular weight excluding hydrogens is 292 g/mol. The summed E-state index contributed by atoms with van der Waals surface area (Å²) in [6, 6.07) is 1.82. The Hall–Kier alpha value is -1.80. The van der Waals surface area contributed by atoms with E-state index in [1.807, 2.05) is 17.6 Å². The van der Waals surface area contributed by atoms with Crippen molar-refractivity contribution in [2.75, 3.05) is 36.0 Å². The van der Waals surface area contributed by atoms with Crippen LogP contribution in [0, 0.1) is 0 Å². The maximum absolute atomic E-state index is 5.74. The Labute approximate surface area is 126 Å². The molecule has 0 aliphatic carbocycles. The van der Waals surface area contributed by atoms with Crippen LogP contribution < -0.4 is 15.5 Å². The number of rotatable bonds is 3. The first-order valence-electron chi connectivity index (χ1n) is 6.26. The van der Waals surface area contributed by atoms with Gasteiger partial charge in [-0.15, -0.1) is 16.4 Å². The van der Waals surface area contributed by atoms with E-state index in [0.717, 1.165) is 42.7 Å². The molecule has 0 amide bonds. The average molecular weight is 306 g/mol. The van der Waals surface area contributed by atoms with Crippen molar-refractivity contribution in [2.45, 2.75) is 0 Å². The summed E-state index contributed by atoms with van der Waals surface area (Å²) in [4.78, 5) is 9.15. The number of anilines is 2. The lowest BCUT2D eigenvalue weighted by Gasteiger charge is -2.35. The Morgan fingerprint density at radius 3 is 2.60 bits per heavy atom. The molecule has 2 aromatic rings. The van der Waals surface area contributed by atoms with Crippen molar-refractivity contribution in [3.8, 4) is 0 Å². The van der Waals surface area contributed by atoms with Gasteiger partial charge in [0.25, 0.3) is 0 Å². The second kappa shape index (κ2) is 5.68. The molecule has 1 aliphatic rings. The number of piperazine rings is 1. The molecule has 3 heterocycles. The number of nitrogens with two attached hydrogens (primary N) is 1. The monoisotopic (exact) mass is 306 g/mol. The number of thiazole rings is 1. The summed E-state index contributed by atoms with van der Waals surface area (Å²) in [5.74, 6) is 0.777. The molecule has 20 heavy (non-hydrogen) atoms. The van der Waals surface area contributed by atoms with Crippen molar-refractivity contribution in [2.24, 2.45) is 5.73 Å². The van der Waals surface area contributed by atoms with Gasteiger partial charge in [0.05, 0.1) is 11.8 Å². The lowest BCUT2D eigenvalue weighted by molar-refractivity contribution is 0.642. The average Bonchev–Trinajstić information content (AvgIpc) is 3.02. The highest BCUT2D eigenvalue weighted by molar-refractivity contribution is 7.80. The third kappa shape index (κ3) is 2.56. The molecule has 0 unspecified atom stereocenters. The van der Waals surface area contributed by atoms with Crippen LogP contribution in [-0.4, -0.2) is 46.3 Å². The molecule has 0 aromatic carbocycles. The van der Waals surface area contributed by atoms with E-state index in [4.69, 9.17) is 18.0 Å². The van der Waals surface area contributed by atoms with E-state index < -0.39 is 0 Å². The van der Waals surface area contributed by atoms with Crippen LogP contribution in [0.15, 0.2) is 23.8 Å². The van der Waals surface area contributed by atoms with Gasteiger partial charge in [0.2, 0.25) is 0 Å². The van der Waals surface area contributed by atoms with Crippen molar-refractivity contribution in [3.63, 3.8) is 0 Å². The predicted molar refractivity (Wildman–Crippen MR) is 84.5 cm³/mol. The predicted octanol–water partition coefficient (Wildman–Crippen LogP) is 0.894. The van der Waals surface area contributed by atoms with E-state index in [2.05, 4.69) is 25.0 Å². The first-order chi connectivity index (χ1) is 9.75. The Bertz CT molecular complexity index is 592. The summed E-state index contributed by atoms with van der Waals surface area (Å²) in [7, 11) is 0. The summed E-state index contributed by atoms with van der Waals surface area (Å²) in [5.41, 5.74) is 6.53. The maximum Gasteiger partial charge on any atom is 0.185 e. The van der Waals surface area contributed by atoms with Gasteiger partial charge < -0.3 is 15.5 Å². The molecule has 0 bridgehead atoms. The Balaban J connectivity index is 1.74. The van der Waals surface area contributed by atoms with Crippen LogP contribution in [0.5, 0.6) is 0 Å². The highest BCUT2D eigenvalue weighted by Gasteiger charge is 2.22. The zero-order valence-electron chi connectivity index (χ0n) is 10.8. The summed E-state index contributed by atoms with van der Waals surface area (Å²) in [6.07, 6.45) is 3.45. The van der Waals surface area contributed by atoms with Gasteiger partial charge in [-0.05, 0) is 6.07 Å². The summed E-state index contributed by atoms with van der Waals surface area (Å²) >= 11 is 6.73. The number of aromatic nitrogens is 3. The van der Waals surface area contributed by atoms with Crippen molar-refractivity contribution < 1.29 is 0 Å². The molecule has 8 heteroatoms. The fourth-order valence-electron chi connectivity index (χ4n) is 2.23. The van der Waals surface area contributed by atoms with E-state index in [9.17, 15) is 0 Å². The zero-order chi connectivity index (χ0) is 13.9. The fraction of sp³-hybridized carbons (Fsp3) is 0.333. The largest absolute Gasteiger partial charge is 0.389 e. The van der Waals surface area contributed by atoms with Gasteiger partial charge in [-0.25, -0.2) is 4.98 Å². The minimum atomic E-state index is 0.359. The molecule has 1 fully saturated rings. The fourth-order valence-corrected chi connectivity index (χ4v) is 3.09. The number of nitrogens with zero attached hydrogens (tertiary/aromatic N) is 5. The molecule has 0 radical (unpaired) electrons. The topological polar surface area (TPSA) is 71.2 Å². The van der Waals surface area contributed by atoms with E-state index >= 15 is 0 Å². The second-order valence-electron chi connectivity index (χ2n) is 4.42. The molecule has 3 rings (SSSR count). The van der Waals surface area contributed by atoms with Gasteiger partial charge in [-0.2, -0.15) is 5.10 Å². The number of hydrogen-bond donors (Lipinski definition) is 1. The molecule has 0 saturated carbocycles. The highest BCUT2D eigenvalue weighted by atomic mass is 32.1. The normalized spacial score (nSPS) is 15.4. The smallest absolute Gasteiger partial charge is 0.185 e. The van der Waals surface area contributed by atoms with E-state index in [-0.39, 0.29) is 0 Å². The standard InChI is InChI=1S/C12H14N6S2/c13-10(19)9-1-2-15-16-11(9)17-4-6-18(7-5-17)12-14-3-8-20-12/h1-3,8H,4-7H2,(H2,13,19). The lowest BCUT2D eigenvalue weighted by Crippen LogP contribution is -2.47. The van der Waals surface area contributed by atoms with Crippen LogP contribution in [0.2, 0.25) is 0 Å². The van der Waals surface area contributed by atoms with Gasteiger partial charge in [-0.3, -0.25) is 0 Å². The van der Waals surface area contributed by atoms with Crippen LogP contribution in [-0.2, 0) is 0 Å². The molecule has 0 atom stereocenters. The first-order valence-corrected chi connectivity index (χ1v) is 7.55. The van der Waals surface area contributed by atoms with E-state index in [1.165, 1.54) is 0 Å². The van der Waals surface area contributed by atoms with Crippen LogP contribution in [0.1, 0.15) is 5.56 Å². The third-order valence-electron chi connectivity index (χ3n) is 3.24. The minimum absolute atomic E-state index is 0.359. The Kier molecular flexibility index (Phi) is 3.75. The van der Waals surface area contributed by atoms with E-state index in [1.54, 1.807) is 17.5 Å². The van der Waals surface area contributed by atoms with Crippen molar-refractivity contribution in [1.29, 1.82) is 0 Å². The molecule has 104 valence electrons. The number of hydrogen-bond acceptors (Lipinski definition) is 7. The zero-order valence-corrected chi connectivity index (χ0v) is 12.4. The quantitative estimate of drug-likeness (QED) is 0.845. The third-order valence-corrected chi connectivity index (χ3v) is 4.29. The molecular formula is C12H14N6S2. The van der Waals surface area contributed by atoms with Crippen molar-refractivity contribution >= 4 is 39.5 Å². The highest BCUT2D eigenvalue weighted by Crippen LogP contribution is 2.22. The summed E-state index contributed by atoms with van der Waals surface area (Å²) in [6.45, 7) is 3.52. The van der Waals surface area contributed by atoms with Gasteiger partial charge in [0.1, 0.15) is 4.99 Å². The van der Waals surface area contributed by atoms with E-state index in [0.29, 0.717) is 4.99 Å². The van der Waals surface area contributed by atoms with Gasteiger partial charge in [0, 0.05) is 37.8 Å².